The fourth-order valence-corrected chi connectivity index (χ4v) is 3.56. The number of nitrogens with one attached hydrogen (secondary N) is 2. The van der Waals surface area contributed by atoms with Crippen LogP contribution in [0.1, 0.15) is 75.3 Å². The van der Waals surface area contributed by atoms with E-state index in [9.17, 15) is 24.0 Å². The summed E-state index contributed by atoms with van der Waals surface area (Å²) in [6.45, 7) is 8.32. The van der Waals surface area contributed by atoms with Crippen molar-refractivity contribution in [3.63, 3.8) is 0 Å². The van der Waals surface area contributed by atoms with E-state index in [1.807, 2.05) is 13.8 Å². The van der Waals surface area contributed by atoms with Crippen molar-refractivity contribution < 1.29 is 19.1 Å². The second-order valence-corrected chi connectivity index (χ2v) is 8.16. The SMILES string of the molecule is CCCC(CCC)N(NC(=O)C(C)n1cc(C)c(=O)[nH]c1=O)C(=O)c1ccc(OC(C)=O)cc1. The number of aromatic nitrogens is 2. The lowest BCUT2D eigenvalue weighted by Gasteiger charge is -2.33. The van der Waals surface area contributed by atoms with E-state index in [1.165, 1.54) is 56.2 Å². The predicted molar refractivity (Wildman–Crippen MR) is 126 cm³/mol. The smallest absolute Gasteiger partial charge is 0.329 e. The molecule has 2 aromatic rings. The van der Waals surface area contributed by atoms with Crippen LogP contribution in [0.5, 0.6) is 5.75 Å². The average molecular weight is 473 g/mol. The van der Waals surface area contributed by atoms with Crippen LogP contribution >= 0.6 is 0 Å². The first-order valence-electron chi connectivity index (χ1n) is 11.3. The van der Waals surface area contributed by atoms with E-state index in [4.69, 9.17) is 4.74 Å². The first-order valence-corrected chi connectivity index (χ1v) is 11.3. The maximum absolute atomic E-state index is 13.4. The first kappa shape index (κ1) is 26.6. The number of benzene rings is 1. The molecule has 34 heavy (non-hydrogen) atoms. The summed E-state index contributed by atoms with van der Waals surface area (Å²) in [6, 6.07) is 4.82. The van der Waals surface area contributed by atoms with Gasteiger partial charge >= 0.3 is 11.7 Å². The summed E-state index contributed by atoms with van der Waals surface area (Å²) in [5, 5.41) is 1.32. The summed E-state index contributed by atoms with van der Waals surface area (Å²) >= 11 is 0. The molecule has 2 N–H and O–H groups in total. The highest BCUT2D eigenvalue weighted by atomic mass is 16.5. The zero-order valence-corrected chi connectivity index (χ0v) is 20.2. The lowest BCUT2D eigenvalue weighted by atomic mass is 10.0. The van der Waals surface area contributed by atoms with Crippen LogP contribution in [-0.4, -0.2) is 38.4 Å². The van der Waals surface area contributed by atoms with Crippen LogP contribution in [0.15, 0.2) is 40.1 Å². The lowest BCUT2D eigenvalue weighted by molar-refractivity contribution is -0.132. The van der Waals surface area contributed by atoms with Gasteiger partial charge in [-0.15, -0.1) is 0 Å². The number of aromatic amines is 1. The molecule has 2 rings (SSSR count). The van der Waals surface area contributed by atoms with Crippen molar-refractivity contribution in [1.82, 2.24) is 20.0 Å². The van der Waals surface area contributed by atoms with Gasteiger partial charge in [0.05, 0.1) is 6.04 Å². The highest BCUT2D eigenvalue weighted by Gasteiger charge is 2.28. The zero-order chi connectivity index (χ0) is 25.4. The van der Waals surface area contributed by atoms with Crippen molar-refractivity contribution in [2.75, 3.05) is 0 Å². The fraction of sp³-hybridized carbons (Fsp3) is 0.458. The molecule has 1 heterocycles. The number of carbonyl (C=O) groups excluding carboxylic acids is 3. The highest BCUT2D eigenvalue weighted by molar-refractivity contribution is 5.96. The third-order valence-corrected chi connectivity index (χ3v) is 5.36. The van der Waals surface area contributed by atoms with E-state index in [-0.39, 0.29) is 11.6 Å². The Morgan fingerprint density at radius 2 is 1.68 bits per heavy atom. The van der Waals surface area contributed by atoms with E-state index in [1.54, 1.807) is 0 Å². The Hall–Kier alpha value is -3.69. The first-order chi connectivity index (χ1) is 16.1. The molecule has 10 heteroatoms. The number of amides is 2. The summed E-state index contributed by atoms with van der Waals surface area (Å²) in [5.74, 6) is -1.16. The molecule has 0 bridgehead atoms. The van der Waals surface area contributed by atoms with Gasteiger partial charge in [0.25, 0.3) is 17.4 Å². The van der Waals surface area contributed by atoms with Gasteiger partial charge in [0, 0.05) is 24.2 Å². The summed E-state index contributed by atoms with van der Waals surface area (Å²) in [6.07, 6.45) is 4.24. The molecular formula is C24H32N4O6. The molecule has 0 saturated heterocycles. The Morgan fingerprint density at radius 1 is 1.09 bits per heavy atom. The number of hydrazine groups is 1. The third kappa shape index (κ3) is 6.66. The number of ether oxygens (including phenoxy) is 1. The van der Waals surface area contributed by atoms with E-state index >= 15 is 0 Å². The number of rotatable bonds is 9. The summed E-state index contributed by atoms with van der Waals surface area (Å²) in [4.78, 5) is 63.8. The Balaban J connectivity index is 2.36. The van der Waals surface area contributed by atoms with Crippen molar-refractivity contribution in [3.8, 4) is 5.75 Å². The van der Waals surface area contributed by atoms with E-state index in [2.05, 4.69) is 10.4 Å². The van der Waals surface area contributed by atoms with Gasteiger partial charge in [0.1, 0.15) is 11.8 Å². The summed E-state index contributed by atoms with van der Waals surface area (Å²) < 4.78 is 6.14. The van der Waals surface area contributed by atoms with E-state index < -0.39 is 35.1 Å². The van der Waals surface area contributed by atoms with Gasteiger partial charge in [0.2, 0.25) is 0 Å². The maximum Gasteiger partial charge on any atom is 0.329 e. The van der Waals surface area contributed by atoms with Crippen LogP contribution in [0.3, 0.4) is 0 Å². The van der Waals surface area contributed by atoms with Crippen molar-refractivity contribution in [3.05, 3.63) is 62.4 Å². The number of H-pyrrole nitrogens is 1. The molecule has 0 aliphatic heterocycles. The monoisotopic (exact) mass is 472 g/mol. The Bertz CT molecular complexity index is 1130. The third-order valence-electron chi connectivity index (χ3n) is 5.36. The second-order valence-electron chi connectivity index (χ2n) is 8.16. The van der Waals surface area contributed by atoms with Crippen LogP contribution in [-0.2, 0) is 9.59 Å². The van der Waals surface area contributed by atoms with Crippen molar-refractivity contribution in [2.24, 2.45) is 0 Å². The maximum atomic E-state index is 13.4. The van der Waals surface area contributed by atoms with Gasteiger partial charge in [-0.05, 0) is 51.0 Å². The molecule has 0 fully saturated rings. The highest BCUT2D eigenvalue weighted by Crippen LogP contribution is 2.19. The molecule has 1 atom stereocenters. The summed E-state index contributed by atoms with van der Waals surface area (Å²) in [5.41, 5.74) is 2.06. The number of carbonyl (C=O) groups is 3. The normalized spacial score (nSPS) is 11.7. The molecule has 0 spiro atoms. The average Bonchev–Trinajstić information content (AvgIpc) is 2.79. The predicted octanol–water partition coefficient (Wildman–Crippen LogP) is 2.47. The number of esters is 1. The number of hydrogen-bond donors (Lipinski definition) is 2. The number of aryl methyl sites for hydroxylation is 1. The van der Waals surface area contributed by atoms with Crippen LogP contribution in [0, 0.1) is 6.92 Å². The topological polar surface area (TPSA) is 131 Å². The molecule has 2 amide bonds. The molecule has 10 nitrogen and oxygen atoms in total. The molecule has 0 radical (unpaired) electrons. The fourth-order valence-electron chi connectivity index (χ4n) is 3.56. The Labute approximate surface area is 197 Å². The summed E-state index contributed by atoms with van der Waals surface area (Å²) in [7, 11) is 0. The van der Waals surface area contributed by atoms with Gasteiger partial charge < -0.3 is 4.74 Å². The standard InChI is InChI=1S/C24H32N4O6/c1-6-8-19(9-7-2)28(23(32)18-10-12-20(13-11-18)34-17(5)29)26-22(31)16(4)27-14-15(3)21(30)25-24(27)33/h10-14,16,19H,6-9H2,1-5H3,(H,26,31)(H,25,30,33). The van der Waals surface area contributed by atoms with Crippen LogP contribution in [0.2, 0.25) is 0 Å². The Kier molecular flexibility index (Phi) is 9.35. The van der Waals surface area contributed by atoms with Crippen molar-refractivity contribution in [1.29, 1.82) is 0 Å². The zero-order valence-electron chi connectivity index (χ0n) is 20.2. The van der Waals surface area contributed by atoms with Gasteiger partial charge in [0.15, 0.2) is 0 Å². The van der Waals surface area contributed by atoms with Crippen LogP contribution < -0.4 is 21.4 Å². The second kappa shape index (κ2) is 12.0. The molecule has 1 aromatic carbocycles. The van der Waals surface area contributed by atoms with Gasteiger partial charge in [-0.25, -0.2) is 9.80 Å². The van der Waals surface area contributed by atoms with Gasteiger partial charge in [-0.2, -0.15) is 0 Å². The lowest BCUT2D eigenvalue weighted by Crippen LogP contribution is -2.54. The molecule has 0 aliphatic rings. The van der Waals surface area contributed by atoms with Gasteiger partial charge in [-0.3, -0.25) is 34.2 Å². The quantitative estimate of drug-likeness (QED) is 0.328. The van der Waals surface area contributed by atoms with Crippen molar-refractivity contribution >= 4 is 17.8 Å². The van der Waals surface area contributed by atoms with Gasteiger partial charge in [-0.1, -0.05) is 26.7 Å². The van der Waals surface area contributed by atoms with E-state index in [0.29, 0.717) is 24.2 Å². The molecule has 184 valence electrons. The Morgan fingerprint density at radius 3 is 2.21 bits per heavy atom. The number of hydrogen-bond acceptors (Lipinski definition) is 6. The number of nitrogens with zero attached hydrogens (tertiary/aromatic N) is 2. The molecule has 0 aliphatic carbocycles. The van der Waals surface area contributed by atoms with Crippen molar-refractivity contribution in [2.45, 2.75) is 72.4 Å². The molecule has 1 unspecified atom stereocenters. The molecular weight excluding hydrogens is 440 g/mol. The van der Waals surface area contributed by atoms with E-state index in [0.717, 1.165) is 17.4 Å². The largest absolute Gasteiger partial charge is 0.427 e. The molecule has 0 saturated carbocycles. The minimum absolute atomic E-state index is 0.263. The van der Waals surface area contributed by atoms with Crippen LogP contribution in [0.25, 0.3) is 0 Å². The minimum Gasteiger partial charge on any atom is -0.427 e. The minimum atomic E-state index is -0.978. The molecule has 1 aromatic heterocycles. The van der Waals surface area contributed by atoms with Crippen LogP contribution in [0.4, 0.5) is 0 Å².